The lowest BCUT2D eigenvalue weighted by molar-refractivity contribution is 0.350. The molecule has 0 fully saturated rings. The van der Waals surface area contributed by atoms with Crippen molar-refractivity contribution in [2.24, 2.45) is 0 Å². The molecule has 2 aromatic rings. The Morgan fingerprint density at radius 1 is 0.789 bits per heavy atom. The predicted molar refractivity (Wildman–Crippen MR) is 71.5 cm³/mol. The van der Waals surface area contributed by atoms with Crippen LogP contribution in [0.4, 0.5) is 4.39 Å². The molecule has 2 aromatic carbocycles. The molecule has 0 bridgehead atoms. The van der Waals surface area contributed by atoms with Gasteiger partial charge in [-0.15, -0.1) is 0 Å². The van der Waals surface area contributed by atoms with Crippen LogP contribution in [0.1, 0.15) is 0 Å². The van der Waals surface area contributed by atoms with Crippen LogP contribution < -0.4 is 14.2 Å². The summed E-state index contributed by atoms with van der Waals surface area (Å²) < 4.78 is 29.9. The lowest BCUT2D eigenvalue weighted by atomic mass is 10.0. The van der Waals surface area contributed by atoms with Crippen LogP contribution in [0.15, 0.2) is 36.4 Å². The highest BCUT2D eigenvalue weighted by Crippen LogP contribution is 2.44. The highest BCUT2D eigenvalue weighted by molar-refractivity contribution is 5.80. The highest BCUT2D eigenvalue weighted by Gasteiger charge is 2.19. The number of hydrogen-bond acceptors (Lipinski definition) is 3. The van der Waals surface area contributed by atoms with Gasteiger partial charge in [-0.2, -0.15) is 0 Å². The smallest absolute Gasteiger partial charge is 0.172 e. The van der Waals surface area contributed by atoms with Crippen molar-refractivity contribution in [2.75, 3.05) is 21.3 Å². The molecular formula is C15H15FO3. The molecule has 0 heterocycles. The Morgan fingerprint density at radius 3 is 2.00 bits per heavy atom. The van der Waals surface area contributed by atoms with Crippen LogP contribution in [0.3, 0.4) is 0 Å². The molecule has 0 aromatic heterocycles. The Labute approximate surface area is 111 Å². The van der Waals surface area contributed by atoms with Crippen molar-refractivity contribution in [2.45, 2.75) is 0 Å². The summed E-state index contributed by atoms with van der Waals surface area (Å²) in [7, 11) is 4.59. The molecular weight excluding hydrogens is 247 g/mol. The predicted octanol–water partition coefficient (Wildman–Crippen LogP) is 3.52. The minimum Gasteiger partial charge on any atom is -0.496 e. The summed E-state index contributed by atoms with van der Waals surface area (Å²) in [4.78, 5) is 0. The number of halogens is 1. The lowest BCUT2D eigenvalue weighted by Gasteiger charge is -2.16. The molecule has 0 amide bonds. The summed E-state index contributed by atoms with van der Waals surface area (Å²) in [5.41, 5.74) is 0.956. The fourth-order valence-corrected chi connectivity index (χ4v) is 2.00. The second-order valence-electron chi connectivity index (χ2n) is 3.86. The first-order chi connectivity index (χ1) is 9.22. The second kappa shape index (κ2) is 5.61. The van der Waals surface area contributed by atoms with Gasteiger partial charge in [0.25, 0.3) is 0 Å². The van der Waals surface area contributed by atoms with Gasteiger partial charge in [0.1, 0.15) is 11.6 Å². The zero-order valence-corrected chi connectivity index (χ0v) is 11.1. The van der Waals surface area contributed by atoms with Crippen molar-refractivity contribution in [1.82, 2.24) is 0 Å². The maximum Gasteiger partial charge on any atom is 0.172 e. The first kappa shape index (κ1) is 13.2. The van der Waals surface area contributed by atoms with Gasteiger partial charge in [-0.25, -0.2) is 4.39 Å². The molecule has 2 rings (SSSR count). The van der Waals surface area contributed by atoms with Gasteiger partial charge < -0.3 is 14.2 Å². The van der Waals surface area contributed by atoms with E-state index in [0.717, 1.165) is 0 Å². The summed E-state index contributed by atoms with van der Waals surface area (Å²) in [6, 6.07) is 9.92. The third-order valence-corrected chi connectivity index (χ3v) is 2.87. The molecule has 0 aliphatic rings. The molecule has 0 spiro atoms. The monoisotopic (exact) mass is 262 g/mol. The molecule has 100 valence electrons. The van der Waals surface area contributed by atoms with E-state index in [2.05, 4.69) is 0 Å². The summed E-state index contributed by atoms with van der Waals surface area (Å²) >= 11 is 0. The Kier molecular flexibility index (Phi) is 3.90. The fraction of sp³-hybridized carbons (Fsp3) is 0.200. The minimum absolute atomic E-state index is 0.340. The van der Waals surface area contributed by atoms with Crippen LogP contribution in [0.2, 0.25) is 0 Å². The first-order valence-corrected chi connectivity index (χ1v) is 5.76. The third kappa shape index (κ3) is 2.34. The minimum atomic E-state index is -0.340. The SMILES string of the molecule is COc1ccc(OC)c(-c2ccccc2F)c1OC. The molecule has 4 heteroatoms. The van der Waals surface area contributed by atoms with Crippen molar-refractivity contribution in [3.63, 3.8) is 0 Å². The van der Waals surface area contributed by atoms with Crippen LogP contribution in [0.5, 0.6) is 17.2 Å². The maximum absolute atomic E-state index is 14.0. The van der Waals surface area contributed by atoms with E-state index in [1.165, 1.54) is 27.4 Å². The van der Waals surface area contributed by atoms with Gasteiger partial charge in [0.15, 0.2) is 11.5 Å². The largest absolute Gasteiger partial charge is 0.496 e. The number of hydrogen-bond donors (Lipinski definition) is 0. The van der Waals surface area contributed by atoms with Crippen molar-refractivity contribution < 1.29 is 18.6 Å². The second-order valence-corrected chi connectivity index (χ2v) is 3.86. The van der Waals surface area contributed by atoms with Crippen LogP contribution in [0.25, 0.3) is 11.1 Å². The van der Waals surface area contributed by atoms with Gasteiger partial charge in [-0.05, 0) is 18.2 Å². The van der Waals surface area contributed by atoms with Crippen molar-refractivity contribution in [3.05, 3.63) is 42.2 Å². The summed E-state index contributed by atoms with van der Waals surface area (Å²) in [5.74, 6) is 1.17. The van der Waals surface area contributed by atoms with E-state index in [1.807, 2.05) is 0 Å². The molecule has 0 atom stereocenters. The number of methoxy groups -OCH3 is 3. The molecule has 3 nitrogen and oxygen atoms in total. The lowest BCUT2D eigenvalue weighted by Crippen LogP contribution is -1.97. The molecule has 0 aliphatic heterocycles. The van der Waals surface area contributed by atoms with Crippen molar-refractivity contribution in [1.29, 1.82) is 0 Å². The average Bonchev–Trinajstić information content (AvgIpc) is 2.46. The average molecular weight is 262 g/mol. The highest BCUT2D eigenvalue weighted by atomic mass is 19.1. The maximum atomic E-state index is 14.0. The van der Waals surface area contributed by atoms with Crippen LogP contribution in [-0.2, 0) is 0 Å². The van der Waals surface area contributed by atoms with E-state index in [1.54, 1.807) is 30.3 Å². The zero-order valence-electron chi connectivity index (χ0n) is 11.1. The van der Waals surface area contributed by atoms with E-state index < -0.39 is 0 Å². The standard InChI is InChI=1S/C15H15FO3/c1-17-12-8-9-13(18-2)15(19-3)14(12)10-6-4-5-7-11(10)16/h4-9H,1-3H3. The molecule has 0 saturated carbocycles. The normalized spacial score (nSPS) is 10.1. The Balaban J connectivity index is 2.76. The van der Waals surface area contributed by atoms with Crippen molar-refractivity contribution in [3.8, 4) is 28.4 Å². The summed E-state index contributed by atoms with van der Waals surface area (Å²) in [6.45, 7) is 0. The molecule has 0 N–H and O–H groups in total. The van der Waals surface area contributed by atoms with E-state index >= 15 is 0 Å². The fourth-order valence-electron chi connectivity index (χ4n) is 2.00. The summed E-state index contributed by atoms with van der Waals surface area (Å²) in [5, 5.41) is 0. The van der Waals surface area contributed by atoms with Gasteiger partial charge in [0.2, 0.25) is 0 Å². The number of benzene rings is 2. The topological polar surface area (TPSA) is 27.7 Å². The molecule has 0 radical (unpaired) electrons. The van der Waals surface area contributed by atoms with Crippen LogP contribution >= 0.6 is 0 Å². The van der Waals surface area contributed by atoms with Gasteiger partial charge in [0, 0.05) is 5.56 Å². The quantitative estimate of drug-likeness (QED) is 0.843. The first-order valence-electron chi connectivity index (χ1n) is 5.76. The third-order valence-electron chi connectivity index (χ3n) is 2.87. The van der Waals surface area contributed by atoms with Crippen molar-refractivity contribution >= 4 is 0 Å². The summed E-state index contributed by atoms with van der Waals surface area (Å²) in [6.07, 6.45) is 0. The van der Waals surface area contributed by atoms with Gasteiger partial charge in [-0.3, -0.25) is 0 Å². The van der Waals surface area contributed by atoms with E-state index in [4.69, 9.17) is 14.2 Å². The molecule has 19 heavy (non-hydrogen) atoms. The number of ether oxygens (including phenoxy) is 3. The zero-order chi connectivity index (χ0) is 13.8. The Hall–Kier alpha value is -2.23. The van der Waals surface area contributed by atoms with Crippen LogP contribution in [-0.4, -0.2) is 21.3 Å². The Bertz CT molecular complexity index is 582. The Morgan fingerprint density at radius 2 is 1.42 bits per heavy atom. The van der Waals surface area contributed by atoms with E-state index in [-0.39, 0.29) is 5.82 Å². The van der Waals surface area contributed by atoms with Crippen LogP contribution in [0, 0.1) is 5.82 Å². The molecule has 0 unspecified atom stereocenters. The van der Waals surface area contributed by atoms with Gasteiger partial charge in [-0.1, -0.05) is 18.2 Å². The van der Waals surface area contributed by atoms with Gasteiger partial charge >= 0.3 is 0 Å². The molecule has 0 saturated heterocycles. The van der Waals surface area contributed by atoms with Gasteiger partial charge in [0.05, 0.1) is 26.9 Å². The van der Waals surface area contributed by atoms with E-state index in [9.17, 15) is 4.39 Å². The number of rotatable bonds is 4. The molecule has 0 aliphatic carbocycles. The van der Waals surface area contributed by atoms with E-state index in [0.29, 0.717) is 28.4 Å².